The lowest BCUT2D eigenvalue weighted by Crippen LogP contribution is -2.19. The first kappa shape index (κ1) is 18.7. The van der Waals surface area contributed by atoms with Gasteiger partial charge in [0.25, 0.3) is 11.5 Å². The van der Waals surface area contributed by atoms with E-state index in [2.05, 4.69) is 20.6 Å². The summed E-state index contributed by atoms with van der Waals surface area (Å²) in [4.78, 5) is 42.2. The SMILES string of the molecule is CCCc1cc(=O)[nH]c(SCC(=O)Nc2cccc(C(=O)NC)c2)n1. The first-order chi connectivity index (χ1) is 12.0. The molecule has 0 aliphatic carbocycles. The molecule has 2 amide bonds. The molecule has 132 valence electrons. The highest BCUT2D eigenvalue weighted by Crippen LogP contribution is 2.14. The van der Waals surface area contributed by atoms with Crippen molar-refractivity contribution in [3.8, 4) is 0 Å². The summed E-state index contributed by atoms with van der Waals surface area (Å²) in [7, 11) is 1.55. The Labute approximate surface area is 149 Å². The summed E-state index contributed by atoms with van der Waals surface area (Å²) in [6.45, 7) is 2.01. The number of carbonyl (C=O) groups is 2. The van der Waals surface area contributed by atoms with Crippen molar-refractivity contribution in [2.75, 3.05) is 18.1 Å². The fourth-order valence-electron chi connectivity index (χ4n) is 2.15. The van der Waals surface area contributed by atoms with E-state index < -0.39 is 0 Å². The minimum absolute atomic E-state index is 0.0999. The van der Waals surface area contributed by atoms with Gasteiger partial charge in [0.05, 0.1) is 5.75 Å². The van der Waals surface area contributed by atoms with Gasteiger partial charge in [-0.3, -0.25) is 14.4 Å². The fourth-order valence-corrected chi connectivity index (χ4v) is 2.84. The maximum Gasteiger partial charge on any atom is 0.251 e. The van der Waals surface area contributed by atoms with E-state index in [0.717, 1.165) is 24.6 Å². The summed E-state index contributed by atoms with van der Waals surface area (Å²) in [6.07, 6.45) is 1.61. The molecule has 8 heteroatoms. The Morgan fingerprint density at radius 2 is 2.08 bits per heavy atom. The number of hydrogen-bond acceptors (Lipinski definition) is 5. The van der Waals surface area contributed by atoms with E-state index in [1.807, 2.05) is 6.92 Å². The lowest BCUT2D eigenvalue weighted by Gasteiger charge is -2.07. The zero-order chi connectivity index (χ0) is 18.2. The van der Waals surface area contributed by atoms with Crippen LogP contribution in [0.3, 0.4) is 0 Å². The van der Waals surface area contributed by atoms with Gasteiger partial charge in [0.2, 0.25) is 5.91 Å². The van der Waals surface area contributed by atoms with Crippen molar-refractivity contribution in [2.24, 2.45) is 0 Å². The highest BCUT2D eigenvalue weighted by atomic mass is 32.2. The van der Waals surface area contributed by atoms with Gasteiger partial charge in [-0.15, -0.1) is 0 Å². The molecule has 0 saturated heterocycles. The number of H-pyrrole nitrogens is 1. The summed E-state index contributed by atoms with van der Waals surface area (Å²) in [5, 5.41) is 5.68. The average molecular weight is 360 g/mol. The first-order valence-corrected chi connectivity index (χ1v) is 8.85. The monoisotopic (exact) mass is 360 g/mol. The van der Waals surface area contributed by atoms with Crippen LogP contribution in [-0.4, -0.2) is 34.6 Å². The van der Waals surface area contributed by atoms with Crippen LogP contribution in [0.25, 0.3) is 0 Å². The minimum atomic E-state index is -0.248. The normalized spacial score (nSPS) is 10.3. The van der Waals surface area contributed by atoms with Gasteiger partial charge in [0.15, 0.2) is 5.16 Å². The van der Waals surface area contributed by atoms with E-state index in [0.29, 0.717) is 22.1 Å². The molecule has 25 heavy (non-hydrogen) atoms. The van der Waals surface area contributed by atoms with Gasteiger partial charge in [-0.05, 0) is 24.6 Å². The van der Waals surface area contributed by atoms with Gasteiger partial charge in [-0.1, -0.05) is 31.2 Å². The molecule has 0 spiro atoms. The Bertz CT molecular complexity index is 820. The predicted molar refractivity (Wildman–Crippen MR) is 98.0 cm³/mol. The van der Waals surface area contributed by atoms with Crippen molar-refractivity contribution < 1.29 is 9.59 Å². The third-order valence-electron chi connectivity index (χ3n) is 3.25. The second-order valence-corrected chi connectivity index (χ2v) is 6.25. The summed E-state index contributed by atoms with van der Waals surface area (Å²) >= 11 is 1.16. The third-order valence-corrected chi connectivity index (χ3v) is 4.13. The summed E-state index contributed by atoms with van der Waals surface area (Å²) in [6, 6.07) is 8.13. The molecule has 0 bridgehead atoms. The van der Waals surface area contributed by atoms with Crippen LogP contribution in [-0.2, 0) is 11.2 Å². The molecule has 0 saturated carbocycles. The van der Waals surface area contributed by atoms with Crippen molar-refractivity contribution >= 4 is 29.3 Å². The van der Waals surface area contributed by atoms with Crippen LogP contribution in [0.2, 0.25) is 0 Å². The highest BCUT2D eigenvalue weighted by Gasteiger charge is 2.09. The molecule has 1 aromatic heterocycles. The topological polar surface area (TPSA) is 104 Å². The van der Waals surface area contributed by atoms with Crippen molar-refractivity contribution in [3.05, 3.63) is 51.9 Å². The standard InChI is InChI=1S/C17H20N4O3S/c1-3-5-12-9-14(22)21-17(20-12)25-10-15(23)19-13-7-4-6-11(8-13)16(24)18-2/h4,6-9H,3,5,10H2,1-2H3,(H,18,24)(H,19,23)(H,20,21,22). The molecule has 0 aliphatic heterocycles. The molecule has 1 aromatic carbocycles. The second-order valence-electron chi connectivity index (χ2n) is 5.29. The number of thioether (sulfide) groups is 1. The van der Waals surface area contributed by atoms with Gasteiger partial charge in [0, 0.05) is 30.1 Å². The van der Waals surface area contributed by atoms with Gasteiger partial charge in [-0.2, -0.15) is 0 Å². The molecule has 0 radical (unpaired) electrons. The summed E-state index contributed by atoms with van der Waals surface area (Å²) < 4.78 is 0. The average Bonchev–Trinajstić information content (AvgIpc) is 2.59. The zero-order valence-corrected chi connectivity index (χ0v) is 14.9. The summed E-state index contributed by atoms with van der Waals surface area (Å²) in [5.41, 5.74) is 1.49. The van der Waals surface area contributed by atoms with Crippen LogP contribution in [0.4, 0.5) is 5.69 Å². The van der Waals surface area contributed by atoms with E-state index in [-0.39, 0.29) is 23.1 Å². The number of aryl methyl sites for hydroxylation is 1. The van der Waals surface area contributed by atoms with Crippen molar-refractivity contribution in [1.29, 1.82) is 0 Å². The number of hydrogen-bond donors (Lipinski definition) is 3. The Hall–Kier alpha value is -2.61. The Balaban J connectivity index is 1.97. The van der Waals surface area contributed by atoms with E-state index in [1.165, 1.54) is 6.07 Å². The van der Waals surface area contributed by atoms with Crippen molar-refractivity contribution in [1.82, 2.24) is 15.3 Å². The number of nitrogens with zero attached hydrogens (tertiary/aromatic N) is 1. The maximum atomic E-state index is 12.1. The quantitative estimate of drug-likeness (QED) is 0.516. The van der Waals surface area contributed by atoms with Crippen LogP contribution < -0.4 is 16.2 Å². The number of anilines is 1. The van der Waals surface area contributed by atoms with E-state index in [1.54, 1.807) is 31.3 Å². The predicted octanol–water partition coefficient (Wildman–Crippen LogP) is 1.81. The van der Waals surface area contributed by atoms with Gasteiger partial charge < -0.3 is 15.6 Å². The smallest absolute Gasteiger partial charge is 0.251 e. The van der Waals surface area contributed by atoms with Crippen molar-refractivity contribution in [2.45, 2.75) is 24.9 Å². The van der Waals surface area contributed by atoms with Gasteiger partial charge in [0.1, 0.15) is 0 Å². The number of nitrogens with one attached hydrogen (secondary N) is 3. The number of aromatic amines is 1. The third kappa shape index (κ3) is 5.75. The Morgan fingerprint density at radius 1 is 1.28 bits per heavy atom. The number of amides is 2. The van der Waals surface area contributed by atoms with Crippen LogP contribution in [0.15, 0.2) is 40.3 Å². The molecule has 0 aliphatic rings. The molecule has 0 fully saturated rings. The van der Waals surface area contributed by atoms with Gasteiger partial charge in [-0.25, -0.2) is 4.98 Å². The van der Waals surface area contributed by atoms with Crippen LogP contribution in [0, 0.1) is 0 Å². The van der Waals surface area contributed by atoms with Gasteiger partial charge >= 0.3 is 0 Å². The number of carbonyl (C=O) groups excluding carboxylic acids is 2. The lowest BCUT2D eigenvalue weighted by molar-refractivity contribution is -0.113. The number of aromatic nitrogens is 2. The van der Waals surface area contributed by atoms with E-state index in [4.69, 9.17) is 0 Å². The first-order valence-electron chi connectivity index (χ1n) is 7.87. The minimum Gasteiger partial charge on any atom is -0.355 e. The summed E-state index contributed by atoms with van der Waals surface area (Å²) in [5.74, 6) is -0.370. The molecular weight excluding hydrogens is 340 g/mol. The zero-order valence-electron chi connectivity index (χ0n) is 14.1. The fraction of sp³-hybridized carbons (Fsp3) is 0.294. The molecule has 7 nitrogen and oxygen atoms in total. The van der Waals surface area contributed by atoms with E-state index >= 15 is 0 Å². The Kier molecular flexibility index (Phi) is 6.76. The molecule has 1 heterocycles. The van der Waals surface area contributed by atoms with Crippen LogP contribution >= 0.6 is 11.8 Å². The largest absolute Gasteiger partial charge is 0.355 e. The van der Waals surface area contributed by atoms with Crippen LogP contribution in [0.5, 0.6) is 0 Å². The molecule has 0 unspecified atom stereocenters. The molecule has 3 N–H and O–H groups in total. The molecular formula is C17H20N4O3S. The van der Waals surface area contributed by atoms with Crippen molar-refractivity contribution in [3.63, 3.8) is 0 Å². The number of benzene rings is 1. The maximum absolute atomic E-state index is 12.1. The Morgan fingerprint density at radius 3 is 2.80 bits per heavy atom. The van der Waals surface area contributed by atoms with E-state index in [9.17, 15) is 14.4 Å². The molecule has 0 atom stereocenters. The molecule has 2 rings (SSSR count). The lowest BCUT2D eigenvalue weighted by atomic mass is 10.2. The van der Waals surface area contributed by atoms with Crippen LogP contribution in [0.1, 0.15) is 29.4 Å². The number of rotatable bonds is 7. The molecule has 2 aromatic rings. The highest BCUT2D eigenvalue weighted by molar-refractivity contribution is 7.99. The second kappa shape index (κ2) is 9.03.